The van der Waals surface area contributed by atoms with Crippen LogP contribution in [-0.4, -0.2) is 11.6 Å². The Balaban J connectivity index is 1.68. The van der Waals surface area contributed by atoms with Gasteiger partial charge in [0.2, 0.25) is 0 Å². The van der Waals surface area contributed by atoms with E-state index in [4.69, 9.17) is 9.47 Å². The molecule has 1 heterocycles. The molecule has 0 bridgehead atoms. The van der Waals surface area contributed by atoms with Crippen LogP contribution in [0.5, 0.6) is 11.5 Å². The van der Waals surface area contributed by atoms with Gasteiger partial charge < -0.3 is 14.8 Å². The normalized spacial score (nSPS) is 10.7. The summed E-state index contributed by atoms with van der Waals surface area (Å²) in [5.74, 6) is 1.50. The van der Waals surface area contributed by atoms with Gasteiger partial charge in [0.1, 0.15) is 6.61 Å². The fourth-order valence-corrected chi connectivity index (χ4v) is 3.36. The maximum Gasteiger partial charge on any atom is 0.162 e. The summed E-state index contributed by atoms with van der Waals surface area (Å²) in [4.78, 5) is 4.14. The lowest BCUT2D eigenvalue weighted by Crippen LogP contribution is -2.13. The first kappa shape index (κ1) is 20.4. The second-order valence-corrected chi connectivity index (χ2v) is 7.42. The Hall–Kier alpha value is -2.37. The van der Waals surface area contributed by atoms with Gasteiger partial charge in [-0.1, -0.05) is 51.8 Å². The van der Waals surface area contributed by atoms with E-state index in [0.29, 0.717) is 19.8 Å². The first-order valence-corrected chi connectivity index (χ1v) is 10.2. The summed E-state index contributed by atoms with van der Waals surface area (Å²) in [6, 6.07) is 16.4. The van der Waals surface area contributed by atoms with E-state index < -0.39 is 0 Å². The minimum absolute atomic E-state index is 0.507. The number of hydrogen-bond acceptors (Lipinski definition) is 4. The van der Waals surface area contributed by atoms with Crippen LogP contribution in [0, 0.1) is 6.92 Å². The molecule has 0 amide bonds. The highest BCUT2D eigenvalue weighted by molar-refractivity contribution is 9.10. The molecule has 2 aromatic carbocycles. The number of pyridine rings is 1. The van der Waals surface area contributed by atoms with Crippen molar-refractivity contribution >= 4 is 15.9 Å². The highest BCUT2D eigenvalue weighted by Crippen LogP contribution is 2.34. The summed E-state index contributed by atoms with van der Waals surface area (Å²) in [6.07, 6.45) is 3.65. The lowest BCUT2D eigenvalue weighted by atomic mass is 10.1. The van der Waals surface area contributed by atoms with E-state index in [1.807, 2.05) is 37.4 Å². The molecule has 3 rings (SSSR count). The van der Waals surface area contributed by atoms with Crippen molar-refractivity contribution in [2.24, 2.45) is 0 Å². The highest BCUT2D eigenvalue weighted by atomic mass is 79.9. The third kappa shape index (κ3) is 5.81. The number of rotatable bonds is 9. The zero-order valence-corrected chi connectivity index (χ0v) is 17.8. The predicted octanol–water partition coefficient (Wildman–Crippen LogP) is 5.42. The minimum Gasteiger partial charge on any atom is -0.490 e. The summed E-state index contributed by atoms with van der Waals surface area (Å²) in [5, 5.41) is 3.45. The summed E-state index contributed by atoms with van der Waals surface area (Å²) in [5.41, 5.74) is 4.64. The van der Waals surface area contributed by atoms with Gasteiger partial charge in [-0.2, -0.15) is 0 Å². The number of benzene rings is 2. The molecule has 0 radical (unpaired) electrons. The Morgan fingerprint density at radius 1 is 0.964 bits per heavy atom. The molecule has 146 valence electrons. The van der Waals surface area contributed by atoms with E-state index >= 15 is 0 Å². The summed E-state index contributed by atoms with van der Waals surface area (Å²) in [6.45, 7) is 6.63. The van der Waals surface area contributed by atoms with E-state index in [-0.39, 0.29) is 0 Å². The lowest BCUT2D eigenvalue weighted by molar-refractivity contribution is 0.268. The molecule has 1 aromatic heterocycles. The van der Waals surface area contributed by atoms with Crippen molar-refractivity contribution in [1.82, 2.24) is 10.3 Å². The Labute approximate surface area is 175 Å². The largest absolute Gasteiger partial charge is 0.490 e. The van der Waals surface area contributed by atoms with Crippen molar-refractivity contribution in [1.29, 1.82) is 0 Å². The zero-order valence-electron chi connectivity index (χ0n) is 16.2. The SMILES string of the molecule is CCOc1cc(CNCc2cccnc2)c(Br)cc1OCc1cccc(C)c1. The van der Waals surface area contributed by atoms with Gasteiger partial charge >= 0.3 is 0 Å². The average molecular weight is 441 g/mol. The van der Waals surface area contributed by atoms with Crippen LogP contribution in [0.25, 0.3) is 0 Å². The Bertz CT molecular complexity index is 900. The molecule has 4 nitrogen and oxygen atoms in total. The molecule has 28 heavy (non-hydrogen) atoms. The number of halogens is 1. The number of aryl methyl sites for hydroxylation is 1. The van der Waals surface area contributed by atoms with Crippen LogP contribution >= 0.6 is 15.9 Å². The molecule has 0 saturated heterocycles. The average Bonchev–Trinajstić information content (AvgIpc) is 2.70. The fraction of sp³-hybridized carbons (Fsp3) is 0.261. The fourth-order valence-electron chi connectivity index (χ4n) is 2.90. The van der Waals surface area contributed by atoms with Crippen LogP contribution in [-0.2, 0) is 19.7 Å². The minimum atomic E-state index is 0.507. The van der Waals surface area contributed by atoms with Gasteiger partial charge in [0.15, 0.2) is 11.5 Å². The topological polar surface area (TPSA) is 43.4 Å². The first-order chi connectivity index (χ1) is 13.7. The van der Waals surface area contributed by atoms with Gasteiger partial charge in [0.25, 0.3) is 0 Å². The van der Waals surface area contributed by atoms with Crippen LogP contribution in [0.15, 0.2) is 65.4 Å². The Morgan fingerprint density at radius 2 is 1.79 bits per heavy atom. The van der Waals surface area contributed by atoms with Crippen molar-refractivity contribution in [2.75, 3.05) is 6.61 Å². The van der Waals surface area contributed by atoms with Gasteiger partial charge in [0, 0.05) is 30.0 Å². The number of aromatic nitrogens is 1. The molecule has 0 aliphatic heterocycles. The van der Waals surface area contributed by atoms with Gasteiger partial charge in [-0.15, -0.1) is 0 Å². The molecule has 0 unspecified atom stereocenters. The number of nitrogens with one attached hydrogen (secondary N) is 1. The maximum absolute atomic E-state index is 6.06. The predicted molar refractivity (Wildman–Crippen MR) is 116 cm³/mol. The van der Waals surface area contributed by atoms with E-state index in [2.05, 4.69) is 57.4 Å². The van der Waals surface area contributed by atoms with Crippen molar-refractivity contribution in [2.45, 2.75) is 33.5 Å². The number of hydrogen-bond donors (Lipinski definition) is 1. The molecule has 0 fully saturated rings. The molecule has 0 saturated carbocycles. The molecule has 0 aliphatic carbocycles. The smallest absolute Gasteiger partial charge is 0.162 e. The third-order valence-electron chi connectivity index (χ3n) is 4.26. The van der Waals surface area contributed by atoms with E-state index in [0.717, 1.165) is 39.2 Å². The van der Waals surface area contributed by atoms with Crippen LogP contribution in [0.2, 0.25) is 0 Å². The molecule has 0 aliphatic rings. The molecule has 1 N–H and O–H groups in total. The Morgan fingerprint density at radius 3 is 2.54 bits per heavy atom. The second-order valence-electron chi connectivity index (χ2n) is 6.57. The monoisotopic (exact) mass is 440 g/mol. The van der Waals surface area contributed by atoms with Crippen LogP contribution in [0.1, 0.15) is 29.2 Å². The van der Waals surface area contributed by atoms with Crippen molar-refractivity contribution in [3.63, 3.8) is 0 Å². The van der Waals surface area contributed by atoms with Crippen molar-refractivity contribution in [3.05, 3.63) is 87.7 Å². The second kappa shape index (κ2) is 10.2. The number of ether oxygens (including phenoxy) is 2. The maximum atomic E-state index is 6.06. The molecule has 0 spiro atoms. The lowest BCUT2D eigenvalue weighted by Gasteiger charge is -2.16. The van der Waals surface area contributed by atoms with Crippen LogP contribution in [0.4, 0.5) is 0 Å². The number of nitrogens with zero attached hydrogens (tertiary/aromatic N) is 1. The molecular formula is C23H25BrN2O2. The molecule has 0 atom stereocenters. The van der Waals surface area contributed by atoms with Gasteiger partial charge in [-0.3, -0.25) is 4.98 Å². The molecular weight excluding hydrogens is 416 g/mol. The van der Waals surface area contributed by atoms with Crippen molar-refractivity contribution in [3.8, 4) is 11.5 Å². The summed E-state index contributed by atoms with van der Waals surface area (Å²) >= 11 is 3.67. The van der Waals surface area contributed by atoms with Gasteiger partial charge in [-0.05, 0) is 48.7 Å². The zero-order chi connectivity index (χ0) is 19.8. The van der Waals surface area contributed by atoms with E-state index in [1.54, 1.807) is 6.20 Å². The standard InChI is InChI=1S/C23H25BrN2O2/c1-3-27-22-11-20(15-26-14-19-8-5-9-25-13-19)21(24)12-23(22)28-16-18-7-4-6-17(2)10-18/h4-13,26H,3,14-16H2,1-2H3. The quantitative estimate of drug-likeness (QED) is 0.482. The highest BCUT2D eigenvalue weighted by Gasteiger charge is 2.11. The van der Waals surface area contributed by atoms with E-state index in [9.17, 15) is 0 Å². The van der Waals surface area contributed by atoms with E-state index in [1.165, 1.54) is 5.56 Å². The van der Waals surface area contributed by atoms with Gasteiger partial charge in [0.05, 0.1) is 6.61 Å². The van der Waals surface area contributed by atoms with Gasteiger partial charge in [-0.25, -0.2) is 0 Å². The molecule has 5 heteroatoms. The summed E-state index contributed by atoms with van der Waals surface area (Å²) in [7, 11) is 0. The summed E-state index contributed by atoms with van der Waals surface area (Å²) < 4.78 is 12.9. The third-order valence-corrected chi connectivity index (χ3v) is 4.99. The first-order valence-electron chi connectivity index (χ1n) is 9.39. The van der Waals surface area contributed by atoms with Crippen LogP contribution in [0.3, 0.4) is 0 Å². The Kier molecular flexibility index (Phi) is 7.46. The van der Waals surface area contributed by atoms with Crippen LogP contribution < -0.4 is 14.8 Å². The van der Waals surface area contributed by atoms with Crippen molar-refractivity contribution < 1.29 is 9.47 Å². The molecule has 3 aromatic rings.